The Labute approximate surface area is 224 Å². The van der Waals surface area contributed by atoms with Crippen LogP contribution in [0, 0.1) is 5.41 Å². The SMILES string of the molecule is CCCCCCCCCCCCC(CCCCCCCC)(C(=O)[O-])C(=O)[O-].[Na+].[Na+]. The molecule has 0 aliphatic heterocycles. The fourth-order valence-electron chi connectivity index (χ4n) is 3.74. The Bertz CT molecular complexity index is 375. The van der Waals surface area contributed by atoms with E-state index in [2.05, 4.69) is 13.8 Å². The first-order valence-corrected chi connectivity index (χ1v) is 11.4. The summed E-state index contributed by atoms with van der Waals surface area (Å²) in [5, 5.41) is 23.2. The summed E-state index contributed by atoms with van der Waals surface area (Å²) in [4.78, 5) is 23.2. The van der Waals surface area contributed by atoms with Crippen LogP contribution in [0.15, 0.2) is 0 Å². The van der Waals surface area contributed by atoms with E-state index in [1.54, 1.807) is 0 Å². The first-order valence-electron chi connectivity index (χ1n) is 11.4. The number of carbonyl (C=O) groups is 2. The van der Waals surface area contributed by atoms with Crippen LogP contribution < -0.4 is 69.3 Å². The molecule has 6 heteroatoms. The third-order valence-electron chi connectivity index (χ3n) is 5.70. The van der Waals surface area contributed by atoms with Crippen molar-refractivity contribution in [1.82, 2.24) is 0 Å². The van der Waals surface area contributed by atoms with Gasteiger partial charge in [0.25, 0.3) is 0 Å². The minimum absolute atomic E-state index is 0. The summed E-state index contributed by atoms with van der Waals surface area (Å²) < 4.78 is 0. The van der Waals surface area contributed by atoms with Crippen LogP contribution >= 0.6 is 0 Å². The standard InChI is InChI=1S/C23H44O4.2Na/c1-3-5-7-9-11-12-13-14-16-18-20-23(21(24)25,22(26)27)19-17-15-10-8-6-4-2;;/h3-20H2,1-2H3,(H,24,25)(H,26,27);;/q;2*+1/p-2. The molecule has 0 amide bonds. The molecule has 0 aliphatic carbocycles. The topological polar surface area (TPSA) is 80.3 Å². The minimum atomic E-state index is -1.80. The van der Waals surface area contributed by atoms with Crippen molar-refractivity contribution < 1.29 is 78.9 Å². The van der Waals surface area contributed by atoms with Gasteiger partial charge in [0.15, 0.2) is 0 Å². The van der Waals surface area contributed by atoms with Crippen LogP contribution in [0.2, 0.25) is 0 Å². The molecule has 0 heterocycles. The van der Waals surface area contributed by atoms with Crippen LogP contribution in [-0.4, -0.2) is 11.9 Å². The Hall–Kier alpha value is 0.940. The molecule has 0 radical (unpaired) electrons. The van der Waals surface area contributed by atoms with Crippen LogP contribution in [0.4, 0.5) is 0 Å². The number of carboxylic acids is 2. The normalized spacial score (nSPS) is 10.8. The maximum atomic E-state index is 11.6. The van der Waals surface area contributed by atoms with Gasteiger partial charge >= 0.3 is 59.1 Å². The van der Waals surface area contributed by atoms with Crippen LogP contribution in [0.5, 0.6) is 0 Å². The molecule has 0 atom stereocenters. The van der Waals surface area contributed by atoms with Crippen molar-refractivity contribution in [3.8, 4) is 0 Å². The predicted octanol–water partition coefficient (Wildman–Crippen LogP) is -1.46. The van der Waals surface area contributed by atoms with Gasteiger partial charge in [-0.3, -0.25) is 0 Å². The molecule has 0 saturated carbocycles. The van der Waals surface area contributed by atoms with Crippen LogP contribution in [-0.2, 0) is 9.59 Å². The molecule has 160 valence electrons. The van der Waals surface area contributed by atoms with Gasteiger partial charge in [0.05, 0.1) is 11.9 Å². The van der Waals surface area contributed by atoms with Gasteiger partial charge in [0.1, 0.15) is 0 Å². The maximum absolute atomic E-state index is 11.6. The molecule has 0 bridgehead atoms. The van der Waals surface area contributed by atoms with Gasteiger partial charge in [0, 0.05) is 5.41 Å². The van der Waals surface area contributed by atoms with E-state index in [9.17, 15) is 19.8 Å². The quantitative estimate of drug-likeness (QED) is 0.135. The van der Waals surface area contributed by atoms with E-state index < -0.39 is 17.4 Å². The smallest absolute Gasteiger partial charge is 0.549 e. The number of carboxylic acid groups (broad SMARTS) is 2. The zero-order valence-electron chi connectivity index (χ0n) is 19.9. The first-order chi connectivity index (χ1) is 13.0. The summed E-state index contributed by atoms with van der Waals surface area (Å²) in [7, 11) is 0. The van der Waals surface area contributed by atoms with Crippen molar-refractivity contribution in [3.05, 3.63) is 0 Å². The number of carbonyl (C=O) groups excluding carboxylic acids is 2. The summed E-state index contributed by atoms with van der Waals surface area (Å²) in [5.41, 5.74) is -1.80. The molecule has 0 aromatic carbocycles. The summed E-state index contributed by atoms with van der Waals surface area (Å²) >= 11 is 0. The van der Waals surface area contributed by atoms with Crippen molar-refractivity contribution in [3.63, 3.8) is 0 Å². The number of hydrogen-bond donors (Lipinski definition) is 0. The Morgan fingerprint density at radius 2 is 0.759 bits per heavy atom. The van der Waals surface area contributed by atoms with E-state index >= 15 is 0 Å². The Morgan fingerprint density at radius 3 is 1.00 bits per heavy atom. The molecule has 0 N–H and O–H groups in total. The van der Waals surface area contributed by atoms with Crippen LogP contribution in [0.3, 0.4) is 0 Å². The fourth-order valence-corrected chi connectivity index (χ4v) is 3.74. The number of unbranched alkanes of at least 4 members (excludes halogenated alkanes) is 14. The fraction of sp³-hybridized carbons (Fsp3) is 0.913. The van der Waals surface area contributed by atoms with Gasteiger partial charge in [-0.2, -0.15) is 0 Å². The zero-order valence-corrected chi connectivity index (χ0v) is 23.9. The van der Waals surface area contributed by atoms with E-state index in [4.69, 9.17) is 0 Å². The summed E-state index contributed by atoms with van der Waals surface area (Å²) in [5.74, 6) is -2.93. The van der Waals surface area contributed by atoms with Gasteiger partial charge < -0.3 is 19.8 Å². The number of aliphatic carboxylic acids is 2. The molecule has 0 aromatic heterocycles. The third-order valence-corrected chi connectivity index (χ3v) is 5.70. The monoisotopic (exact) mass is 428 g/mol. The van der Waals surface area contributed by atoms with E-state index in [1.165, 1.54) is 44.9 Å². The molecular formula is C23H42Na2O4. The summed E-state index contributed by atoms with van der Waals surface area (Å²) in [6.07, 6.45) is 17.6. The van der Waals surface area contributed by atoms with Crippen molar-refractivity contribution in [2.45, 2.75) is 129 Å². The second-order valence-corrected chi connectivity index (χ2v) is 8.11. The predicted molar refractivity (Wildman–Crippen MR) is 107 cm³/mol. The maximum Gasteiger partial charge on any atom is 1.00 e. The molecule has 0 fully saturated rings. The van der Waals surface area contributed by atoms with E-state index in [-0.39, 0.29) is 72.0 Å². The molecule has 0 aromatic rings. The molecular weight excluding hydrogens is 386 g/mol. The second kappa shape index (κ2) is 23.6. The number of hydrogen-bond acceptors (Lipinski definition) is 4. The molecule has 0 rings (SSSR count). The van der Waals surface area contributed by atoms with Crippen LogP contribution in [0.1, 0.15) is 129 Å². The Balaban J connectivity index is -0.00000338. The second-order valence-electron chi connectivity index (χ2n) is 8.11. The molecule has 29 heavy (non-hydrogen) atoms. The molecule has 0 spiro atoms. The Morgan fingerprint density at radius 1 is 0.517 bits per heavy atom. The van der Waals surface area contributed by atoms with E-state index in [0.29, 0.717) is 12.8 Å². The molecule has 0 aliphatic rings. The summed E-state index contributed by atoms with van der Waals surface area (Å²) in [6.45, 7) is 4.36. The third kappa shape index (κ3) is 17.2. The molecule has 0 unspecified atom stereocenters. The largest absolute Gasteiger partial charge is 1.00 e. The molecule has 0 saturated heterocycles. The summed E-state index contributed by atoms with van der Waals surface area (Å²) in [6, 6.07) is 0. The van der Waals surface area contributed by atoms with Crippen molar-refractivity contribution in [2.75, 3.05) is 0 Å². The first kappa shape index (κ1) is 34.6. The minimum Gasteiger partial charge on any atom is -0.549 e. The number of rotatable bonds is 20. The van der Waals surface area contributed by atoms with Gasteiger partial charge in [-0.25, -0.2) is 0 Å². The van der Waals surface area contributed by atoms with Gasteiger partial charge in [-0.15, -0.1) is 0 Å². The van der Waals surface area contributed by atoms with Gasteiger partial charge in [-0.05, 0) is 12.8 Å². The average molecular weight is 429 g/mol. The van der Waals surface area contributed by atoms with Crippen LogP contribution in [0.25, 0.3) is 0 Å². The average Bonchev–Trinajstić information content (AvgIpc) is 2.63. The van der Waals surface area contributed by atoms with Gasteiger partial charge in [0.2, 0.25) is 0 Å². The van der Waals surface area contributed by atoms with Crippen molar-refractivity contribution >= 4 is 11.9 Å². The van der Waals surface area contributed by atoms with Crippen molar-refractivity contribution in [2.24, 2.45) is 5.41 Å². The van der Waals surface area contributed by atoms with E-state index in [1.807, 2.05) is 0 Å². The Kier molecular flexibility index (Phi) is 28.1. The van der Waals surface area contributed by atoms with Gasteiger partial charge in [-0.1, -0.05) is 117 Å². The molecule has 4 nitrogen and oxygen atoms in total. The van der Waals surface area contributed by atoms with Crippen molar-refractivity contribution in [1.29, 1.82) is 0 Å². The zero-order chi connectivity index (χ0) is 20.4. The van der Waals surface area contributed by atoms with E-state index in [0.717, 1.165) is 44.9 Å².